The van der Waals surface area contributed by atoms with Crippen LogP contribution in [0.25, 0.3) is 11.3 Å². The molecule has 0 saturated carbocycles. The highest BCUT2D eigenvalue weighted by Crippen LogP contribution is 2.30. The van der Waals surface area contributed by atoms with E-state index in [0.29, 0.717) is 11.3 Å². The first kappa shape index (κ1) is 12.2. The molecule has 18 heavy (non-hydrogen) atoms. The van der Waals surface area contributed by atoms with Crippen molar-refractivity contribution in [2.45, 2.75) is 6.18 Å². The summed E-state index contributed by atoms with van der Waals surface area (Å²) in [7, 11) is 0. The second-order valence-electron chi connectivity index (χ2n) is 3.65. The largest absolute Gasteiger partial charge is 0.416 e. The third kappa shape index (κ3) is 2.34. The average molecular weight is 254 g/mol. The van der Waals surface area contributed by atoms with E-state index in [9.17, 15) is 13.2 Å². The standard InChI is InChI=1S/C11H9F3N4/c12-11(13,14)7-3-1-6(2-4-7)9-5-8(15)10(16)18-17-9/h1-5H,(H2,15,17)(H2,16,18). The van der Waals surface area contributed by atoms with Gasteiger partial charge in [0.1, 0.15) is 0 Å². The molecule has 0 aliphatic heterocycles. The highest BCUT2D eigenvalue weighted by atomic mass is 19.4. The summed E-state index contributed by atoms with van der Waals surface area (Å²) in [5.41, 5.74) is 11.3. The number of alkyl halides is 3. The zero-order chi connectivity index (χ0) is 13.3. The van der Waals surface area contributed by atoms with Crippen LogP contribution in [0.5, 0.6) is 0 Å². The Morgan fingerprint density at radius 3 is 2.06 bits per heavy atom. The summed E-state index contributed by atoms with van der Waals surface area (Å²) in [4.78, 5) is 0. The van der Waals surface area contributed by atoms with Crippen LogP contribution in [0.15, 0.2) is 30.3 Å². The summed E-state index contributed by atoms with van der Waals surface area (Å²) in [5, 5.41) is 7.37. The van der Waals surface area contributed by atoms with E-state index in [1.54, 1.807) is 0 Å². The maximum absolute atomic E-state index is 12.4. The number of rotatable bonds is 1. The fourth-order valence-corrected chi connectivity index (χ4v) is 1.39. The zero-order valence-electron chi connectivity index (χ0n) is 9.07. The molecule has 2 rings (SSSR count). The molecule has 1 aromatic heterocycles. The Labute approximate surface area is 100 Å². The van der Waals surface area contributed by atoms with Crippen LogP contribution in [-0.4, -0.2) is 10.2 Å². The van der Waals surface area contributed by atoms with Gasteiger partial charge in [0, 0.05) is 5.56 Å². The molecule has 2 aromatic rings. The maximum Gasteiger partial charge on any atom is 0.416 e. The third-order valence-corrected chi connectivity index (χ3v) is 2.36. The van der Waals surface area contributed by atoms with Gasteiger partial charge in [0.25, 0.3) is 0 Å². The molecule has 0 radical (unpaired) electrons. The van der Waals surface area contributed by atoms with Crippen molar-refractivity contribution in [2.24, 2.45) is 0 Å². The van der Waals surface area contributed by atoms with Crippen LogP contribution in [0.3, 0.4) is 0 Å². The van der Waals surface area contributed by atoms with Gasteiger partial charge in [-0.3, -0.25) is 0 Å². The molecule has 0 fully saturated rings. The molecule has 1 aromatic carbocycles. The molecular formula is C11H9F3N4. The van der Waals surface area contributed by atoms with Gasteiger partial charge in [-0.2, -0.15) is 13.2 Å². The van der Waals surface area contributed by atoms with E-state index in [4.69, 9.17) is 11.5 Å². The second-order valence-corrected chi connectivity index (χ2v) is 3.65. The summed E-state index contributed by atoms with van der Waals surface area (Å²) in [6.07, 6.45) is -4.36. The molecule has 0 aliphatic rings. The second kappa shape index (κ2) is 4.17. The monoisotopic (exact) mass is 254 g/mol. The van der Waals surface area contributed by atoms with Crippen LogP contribution in [-0.2, 0) is 6.18 Å². The first-order valence-electron chi connectivity index (χ1n) is 4.94. The van der Waals surface area contributed by atoms with E-state index >= 15 is 0 Å². The minimum Gasteiger partial charge on any atom is -0.396 e. The Balaban J connectivity index is 2.37. The quantitative estimate of drug-likeness (QED) is 0.818. The summed E-state index contributed by atoms with van der Waals surface area (Å²) in [6.45, 7) is 0. The number of nitrogens with two attached hydrogens (primary N) is 2. The number of nitrogens with zero attached hydrogens (tertiary/aromatic N) is 2. The molecule has 4 nitrogen and oxygen atoms in total. The normalized spacial score (nSPS) is 11.5. The van der Waals surface area contributed by atoms with Crippen LogP contribution in [0.2, 0.25) is 0 Å². The number of aromatic nitrogens is 2. The Morgan fingerprint density at radius 1 is 0.944 bits per heavy atom. The number of halogens is 3. The van der Waals surface area contributed by atoms with E-state index in [1.165, 1.54) is 18.2 Å². The molecule has 0 unspecified atom stereocenters. The molecule has 4 N–H and O–H groups in total. The van der Waals surface area contributed by atoms with Gasteiger partial charge in [0.05, 0.1) is 16.9 Å². The predicted molar refractivity (Wildman–Crippen MR) is 61.3 cm³/mol. The number of nitrogen functional groups attached to an aromatic ring is 2. The minimum atomic E-state index is -4.36. The maximum atomic E-state index is 12.4. The molecule has 0 bridgehead atoms. The van der Waals surface area contributed by atoms with Gasteiger partial charge >= 0.3 is 6.18 Å². The molecule has 94 valence electrons. The molecule has 0 amide bonds. The van der Waals surface area contributed by atoms with Crippen molar-refractivity contribution in [3.63, 3.8) is 0 Å². The number of benzene rings is 1. The lowest BCUT2D eigenvalue weighted by Gasteiger charge is -2.07. The Hall–Kier alpha value is -2.31. The van der Waals surface area contributed by atoms with Crippen LogP contribution in [0, 0.1) is 0 Å². The van der Waals surface area contributed by atoms with Gasteiger partial charge in [0.15, 0.2) is 5.82 Å². The van der Waals surface area contributed by atoms with Gasteiger partial charge in [-0.05, 0) is 18.2 Å². The van der Waals surface area contributed by atoms with Gasteiger partial charge in [-0.1, -0.05) is 12.1 Å². The van der Waals surface area contributed by atoms with Crippen LogP contribution < -0.4 is 11.5 Å². The highest BCUT2D eigenvalue weighted by Gasteiger charge is 2.30. The average Bonchev–Trinajstić information content (AvgIpc) is 2.32. The van der Waals surface area contributed by atoms with Gasteiger partial charge < -0.3 is 11.5 Å². The first-order valence-corrected chi connectivity index (χ1v) is 4.94. The lowest BCUT2D eigenvalue weighted by Crippen LogP contribution is -2.04. The Bertz CT molecular complexity index is 563. The van der Waals surface area contributed by atoms with E-state index in [2.05, 4.69) is 10.2 Å². The van der Waals surface area contributed by atoms with E-state index in [-0.39, 0.29) is 11.5 Å². The van der Waals surface area contributed by atoms with Gasteiger partial charge in [-0.25, -0.2) is 0 Å². The Kier molecular flexibility index (Phi) is 2.82. The molecule has 0 spiro atoms. The zero-order valence-corrected chi connectivity index (χ0v) is 9.07. The van der Waals surface area contributed by atoms with Crippen LogP contribution >= 0.6 is 0 Å². The van der Waals surface area contributed by atoms with Crippen molar-refractivity contribution >= 4 is 11.5 Å². The third-order valence-electron chi connectivity index (χ3n) is 2.36. The van der Waals surface area contributed by atoms with Crippen molar-refractivity contribution in [3.05, 3.63) is 35.9 Å². The fourth-order valence-electron chi connectivity index (χ4n) is 1.39. The number of hydrogen-bond donors (Lipinski definition) is 2. The molecule has 7 heteroatoms. The summed E-state index contributed by atoms with van der Waals surface area (Å²) in [5.74, 6) is 0.0886. The highest BCUT2D eigenvalue weighted by molar-refractivity contribution is 5.68. The smallest absolute Gasteiger partial charge is 0.396 e. The van der Waals surface area contributed by atoms with Crippen molar-refractivity contribution in [2.75, 3.05) is 11.5 Å². The lowest BCUT2D eigenvalue weighted by molar-refractivity contribution is -0.137. The van der Waals surface area contributed by atoms with E-state index in [0.717, 1.165) is 12.1 Å². The number of anilines is 2. The molecular weight excluding hydrogens is 245 g/mol. The van der Waals surface area contributed by atoms with E-state index in [1.807, 2.05) is 0 Å². The molecule has 0 saturated heterocycles. The van der Waals surface area contributed by atoms with Crippen molar-refractivity contribution in [1.82, 2.24) is 10.2 Å². The van der Waals surface area contributed by atoms with E-state index < -0.39 is 11.7 Å². The summed E-state index contributed by atoms with van der Waals surface area (Å²) < 4.78 is 37.1. The predicted octanol–water partition coefficient (Wildman–Crippen LogP) is 2.33. The van der Waals surface area contributed by atoms with Crippen LogP contribution in [0.4, 0.5) is 24.7 Å². The molecule has 0 atom stereocenters. The van der Waals surface area contributed by atoms with Gasteiger partial charge in [-0.15, -0.1) is 10.2 Å². The number of hydrogen-bond acceptors (Lipinski definition) is 4. The summed E-state index contributed by atoms with van der Waals surface area (Å²) in [6, 6.07) is 6.03. The SMILES string of the molecule is Nc1cc(-c2ccc(C(F)(F)F)cc2)nnc1N. The van der Waals surface area contributed by atoms with Crippen molar-refractivity contribution < 1.29 is 13.2 Å². The van der Waals surface area contributed by atoms with Crippen molar-refractivity contribution in [3.8, 4) is 11.3 Å². The lowest BCUT2D eigenvalue weighted by atomic mass is 10.1. The molecule has 1 heterocycles. The summed E-state index contributed by atoms with van der Waals surface area (Å²) >= 11 is 0. The van der Waals surface area contributed by atoms with Crippen molar-refractivity contribution in [1.29, 1.82) is 0 Å². The first-order chi connectivity index (χ1) is 8.38. The van der Waals surface area contributed by atoms with Gasteiger partial charge in [0.2, 0.25) is 0 Å². The Morgan fingerprint density at radius 2 is 1.56 bits per heavy atom. The topological polar surface area (TPSA) is 77.8 Å². The fraction of sp³-hybridized carbons (Fsp3) is 0.0909. The minimum absolute atomic E-state index is 0.0886. The van der Waals surface area contributed by atoms with Crippen LogP contribution in [0.1, 0.15) is 5.56 Å². The molecule has 0 aliphatic carbocycles.